The summed E-state index contributed by atoms with van der Waals surface area (Å²) in [6.45, 7) is 47.3. The number of halogens is 2. The highest BCUT2D eigenvalue weighted by molar-refractivity contribution is 9.10. The highest BCUT2D eigenvalue weighted by atomic mass is 79.9. The van der Waals surface area contributed by atoms with Crippen LogP contribution in [0.5, 0.6) is 5.75 Å². The number of aryl methyl sites for hydroxylation is 22. The summed E-state index contributed by atoms with van der Waals surface area (Å²) in [5.41, 5.74) is 15.8. The van der Waals surface area contributed by atoms with Crippen molar-refractivity contribution in [2.45, 2.75) is 198 Å². The van der Waals surface area contributed by atoms with Crippen molar-refractivity contribution < 1.29 is 18.7 Å². The van der Waals surface area contributed by atoms with Gasteiger partial charge >= 0.3 is 6.09 Å². The van der Waals surface area contributed by atoms with Crippen LogP contribution in [0, 0.1) is 164 Å². The number of hydrogen-bond donors (Lipinski definition) is 1. The molecule has 109 heavy (non-hydrogen) atoms. The van der Waals surface area contributed by atoms with E-state index in [9.17, 15) is 9.59 Å². The summed E-state index contributed by atoms with van der Waals surface area (Å²) in [7, 11) is 3.24. The third kappa shape index (κ3) is 31.6. The van der Waals surface area contributed by atoms with E-state index in [1.807, 2.05) is 141 Å². The molecule has 12 aromatic heterocycles. The number of ether oxygens (including phenoxy) is 1. The number of fused-ring (bicyclic) bond motifs is 1. The van der Waals surface area contributed by atoms with E-state index in [1.165, 1.54) is 53.9 Å². The van der Waals surface area contributed by atoms with E-state index in [-0.39, 0.29) is 5.78 Å². The highest BCUT2D eigenvalue weighted by Gasteiger charge is 2.26. The number of amides is 1. The molecule has 0 spiro atoms. The Morgan fingerprint density at radius 1 is 0.514 bits per heavy atom. The lowest BCUT2D eigenvalue weighted by atomic mass is 10.0. The number of ketones is 1. The smallest absolute Gasteiger partial charge is 0.414 e. The lowest BCUT2D eigenvalue weighted by Gasteiger charge is -2.11. The standard InChI is InChI=1S/C9H10N4O.C9H13N3O2.C9H12N2.C9H14N2.C8H9N3.C8H10N2O.C7H7N3.C7H10N2.C6H7BrN2.C6H7ClN2/c1-5-8(4-10-6(2)11-5)9-13-12-7(3)14-9;1-6-8(5-10-7(2)11-6)14-9(13)12(3)4;1-6-9(8-3-4-8)5-10-7(2)11-6;1-6(2)9-5-10-8(4)11-7(9)3;1-5-7-3-4-9-8(7)11-6(2)10-5;1-5-8(6(2)11)4-9-7(3)10-5;1-5-7(3-8)4-9-6(2)10-5;1-5-4-8-7(3)9-6(5)2;2*1-4-6(7)3-8-5(2)9-4/h4H,1-3H3;5H,1-4H3;5,8H,3-4H2,1-2H3;5-6H,1-4H3;3-4H,1-2H3,(H,9,10,11);4H,1-3H3;4H,1-2H3;4H,1-3H3;2*3H,1-2H3. The van der Waals surface area contributed by atoms with Crippen molar-refractivity contribution in [3.05, 3.63) is 226 Å². The molecule has 1 amide bonds. The number of nitrogens with one attached hydrogen (secondary N) is 1. The first-order chi connectivity index (χ1) is 51.3. The Kier molecular flexibility index (Phi) is 36.4. The fourth-order valence-corrected chi connectivity index (χ4v) is 9.52. The van der Waals surface area contributed by atoms with Crippen molar-refractivity contribution in [1.29, 1.82) is 5.26 Å². The van der Waals surface area contributed by atoms with Gasteiger partial charge in [-0.05, 0) is 216 Å². The molecular weight excluding hydrogens is 1470 g/mol. The van der Waals surface area contributed by atoms with Crippen molar-refractivity contribution >= 4 is 50.4 Å². The molecule has 0 unspecified atom stereocenters. The van der Waals surface area contributed by atoms with Crippen molar-refractivity contribution in [2.75, 3.05) is 14.1 Å². The summed E-state index contributed by atoms with van der Waals surface area (Å²) in [5, 5.41) is 17.9. The fraction of sp³-hybridized carbons (Fsp3) is 0.397. The van der Waals surface area contributed by atoms with Gasteiger partial charge in [-0.1, -0.05) is 25.4 Å². The summed E-state index contributed by atoms with van der Waals surface area (Å²) in [6.07, 6.45) is 19.5. The second kappa shape index (κ2) is 44.1. The van der Waals surface area contributed by atoms with Gasteiger partial charge in [-0.25, -0.2) is 104 Å². The zero-order valence-electron chi connectivity index (χ0n) is 67.5. The van der Waals surface area contributed by atoms with E-state index < -0.39 is 6.09 Å². The van der Waals surface area contributed by atoms with Gasteiger partial charge in [0.2, 0.25) is 5.89 Å². The lowest BCUT2D eigenvalue weighted by Crippen LogP contribution is -2.25. The molecule has 0 saturated heterocycles. The topological polar surface area (TPSA) is 383 Å². The van der Waals surface area contributed by atoms with Gasteiger partial charge < -0.3 is 19.0 Å². The quantitative estimate of drug-likeness (QED) is 0.156. The average molecular weight is 1570 g/mol. The number of Topliss-reactive ketones (excluding diaryl/α,β-unsaturated/α-hetero) is 1. The molecule has 1 aliphatic carbocycles. The van der Waals surface area contributed by atoms with Crippen molar-refractivity contribution in [2.24, 2.45) is 0 Å². The van der Waals surface area contributed by atoms with E-state index in [2.05, 4.69) is 152 Å². The molecule has 12 heterocycles. The maximum absolute atomic E-state index is 11.2. The van der Waals surface area contributed by atoms with Gasteiger partial charge in [-0.15, -0.1) is 10.2 Å². The van der Waals surface area contributed by atoms with Gasteiger partial charge in [0.1, 0.15) is 70.0 Å². The number of carbonyl (C=O) groups excluding carboxylic acids is 2. The highest BCUT2D eigenvalue weighted by Crippen LogP contribution is 2.40. The molecule has 0 radical (unpaired) electrons. The molecule has 0 aliphatic heterocycles. The third-order valence-corrected chi connectivity index (χ3v) is 16.4. The number of nitrogens with zero attached hydrogens (tertiary/aromatic N) is 24. The van der Waals surface area contributed by atoms with Crippen LogP contribution in [0.25, 0.3) is 22.5 Å². The van der Waals surface area contributed by atoms with Gasteiger partial charge in [-0.3, -0.25) is 4.79 Å². The predicted molar refractivity (Wildman–Crippen MR) is 423 cm³/mol. The molecule has 1 N–H and O–H groups in total. The number of rotatable bonds is 5. The van der Waals surface area contributed by atoms with E-state index >= 15 is 0 Å². The van der Waals surface area contributed by atoms with Gasteiger partial charge in [0.15, 0.2) is 11.5 Å². The monoisotopic (exact) mass is 1560 g/mol. The van der Waals surface area contributed by atoms with Crippen LogP contribution < -0.4 is 4.74 Å². The zero-order chi connectivity index (χ0) is 81.5. The minimum absolute atomic E-state index is 0.0162. The van der Waals surface area contributed by atoms with Gasteiger partial charge in [0.25, 0.3) is 5.89 Å². The van der Waals surface area contributed by atoms with Crippen LogP contribution in [-0.4, -0.2) is 146 Å². The zero-order valence-corrected chi connectivity index (χ0v) is 69.9. The minimum Gasteiger partial charge on any atom is -0.421 e. The van der Waals surface area contributed by atoms with Crippen LogP contribution >= 0.6 is 27.5 Å². The number of aromatic nitrogens is 23. The first kappa shape index (κ1) is 90.1. The van der Waals surface area contributed by atoms with E-state index in [1.54, 1.807) is 80.4 Å². The maximum atomic E-state index is 11.2. The summed E-state index contributed by atoms with van der Waals surface area (Å²) in [4.78, 5) is 108. The molecule has 13 rings (SSSR count). The molecule has 31 heteroatoms. The largest absolute Gasteiger partial charge is 0.421 e. The van der Waals surface area contributed by atoms with E-state index in [4.69, 9.17) is 26.0 Å². The Hall–Kier alpha value is -11.3. The Labute approximate surface area is 652 Å². The molecule has 1 aliphatic rings. The second-order valence-electron chi connectivity index (χ2n) is 25.5. The molecule has 0 aromatic carbocycles. The maximum Gasteiger partial charge on any atom is 0.414 e. The van der Waals surface area contributed by atoms with Crippen LogP contribution in [0.2, 0.25) is 5.02 Å². The molecule has 0 atom stereocenters. The fourth-order valence-electron chi connectivity index (χ4n) is 9.24. The number of H-pyrrole nitrogens is 1. The average Bonchev–Trinajstić information content (AvgIpc) is 1.72. The minimum atomic E-state index is -0.430. The van der Waals surface area contributed by atoms with Gasteiger partial charge in [-0.2, -0.15) is 5.26 Å². The molecule has 12 aromatic rings. The molecule has 29 nitrogen and oxygen atoms in total. The molecule has 1 saturated carbocycles. The molecule has 1 fully saturated rings. The number of aromatic amines is 1. The van der Waals surface area contributed by atoms with Crippen LogP contribution in [0.3, 0.4) is 0 Å². The van der Waals surface area contributed by atoms with Crippen molar-refractivity contribution in [3.8, 4) is 23.3 Å². The Bertz CT molecular complexity index is 4870. The first-order valence-electron chi connectivity index (χ1n) is 34.7. The van der Waals surface area contributed by atoms with Gasteiger partial charge in [0.05, 0.1) is 72.2 Å². The van der Waals surface area contributed by atoms with Crippen LogP contribution in [0.1, 0.15) is 199 Å². The van der Waals surface area contributed by atoms with Crippen LogP contribution in [0.4, 0.5) is 4.79 Å². The second-order valence-corrected chi connectivity index (χ2v) is 26.8. The number of nitriles is 1. The third-order valence-electron chi connectivity index (χ3n) is 15.2. The Morgan fingerprint density at radius 3 is 1.43 bits per heavy atom. The lowest BCUT2D eigenvalue weighted by molar-refractivity contribution is 0.101. The predicted octanol–water partition coefficient (Wildman–Crippen LogP) is 15.6. The normalized spacial score (nSPS) is 10.7. The summed E-state index contributed by atoms with van der Waals surface area (Å²) in [6, 6.07) is 3.99. The van der Waals surface area contributed by atoms with E-state index in [0.29, 0.717) is 62.8 Å². The van der Waals surface area contributed by atoms with Crippen LogP contribution in [0.15, 0.2) is 76.9 Å². The first-order valence-corrected chi connectivity index (χ1v) is 35.8. The summed E-state index contributed by atoms with van der Waals surface area (Å²) < 4.78 is 11.3. The van der Waals surface area contributed by atoms with Crippen molar-refractivity contribution in [1.82, 2.24) is 120 Å². The molecule has 0 bridgehead atoms. The van der Waals surface area contributed by atoms with Gasteiger partial charge in [0, 0.05) is 99.3 Å². The molecule has 574 valence electrons. The SMILES string of the molecule is CC(=O)c1cnc(C)nc1C.Cc1nc(C)c2cc[nH]c2n1.Cc1ncc(-c2nnc(C)o2)c(C)n1.Cc1ncc(Br)c(C)n1.Cc1ncc(C#N)c(C)n1.Cc1ncc(C(C)C)c(C)n1.Cc1ncc(C)c(C)n1.Cc1ncc(C2CC2)c(C)n1.Cc1ncc(Cl)c(C)n1.Cc1ncc(OC(=O)N(C)C)c(C)n1. The Morgan fingerprint density at radius 2 is 0.982 bits per heavy atom. The number of carbonyl (C=O) groups is 2. The number of hydrogen-bond acceptors (Lipinski definition) is 27. The van der Waals surface area contributed by atoms with Crippen molar-refractivity contribution in [3.63, 3.8) is 0 Å². The summed E-state index contributed by atoms with van der Waals surface area (Å²) in [5.74, 6) is 10.5. The Balaban J connectivity index is 0.000000257. The molecular formula is C78H99BrClN25O4. The van der Waals surface area contributed by atoms with E-state index in [0.717, 1.165) is 119 Å². The summed E-state index contributed by atoms with van der Waals surface area (Å²) >= 11 is 8.96. The van der Waals surface area contributed by atoms with Crippen LogP contribution in [-0.2, 0) is 0 Å².